The van der Waals surface area contributed by atoms with Gasteiger partial charge in [-0.05, 0) is 12.1 Å². The molecule has 0 aliphatic rings. The Labute approximate surface area is 139 Å². The largest absolute Gasteiger partial charge is 0.369 e. The van der Waals surface area contributed by atoms with Crippen LogP contribution in [-0.2, 0) is 22.4 Å². The van der Waals surface area contributed by atoms with Crippen molar-refractivity contribution in [2.24, 2.45) is 5.73 Å². The number of carbonyl (C=O) groups is 2. The van der Waals surface area contributed by atoms with Gasteiger partial charge in [0, 0.05) is 23.2 Å². The number of thiazole rings is 2. The zero-order valence-electron chi connectivity index (χ0n) is 11.9. The Balaban J connectivity index is 1.59. The number of nitrogens with zero attached hydrogens (tertiary/aromatic N) is 3. The summed E-state index contributed by atoms with van der Waals surface area (Å²) in [7, 11) is 0. The molecule has 0 aliphatic carbocycles. The molecule has 0 aliphatic heterocycles. The van der Waals surface area contributed by atoms with Crippen molar-refractivity contribution in [3.05, 3.63) is 46.7 Å². The van der Waals surface area contributed by atoms with Crippen molar-refractivity contribution < 1.29 is 9.59 Å². The van der Waals surface area contributed by atoms with Gasteiger partial charge in [0.2, 0.25) is 11.8 Å². The van der Waals surface area contributed by atoms with Crippen LogP contribution in [0.15, 0.2) is 35.3 Å². The lowest BCUT2D eigenvalue weighted by Crippen LogP contribution is -2.15. The fraction of sp³-hybridized carbons (Fsp3) is 0.143. The minimum Gasteiger partial charge on any atom is -0.369 e. The number of amides is 2. The van der Waals surface area contributed by atoms with Crippen molar-refractivity contribution in [1.82, 2.24) is 14.5 Å². The summed E-state index contributed by atoms with van der Waals surface area (Å²) in [5.41, 5.74) is 6.36. The number of anilines is 1. The van der Waals surface area contributed by atoms with E-state index in [1.54, 1.807) is 5.38 Å². The van der Waals surface area contributed by atoms with E-state index in [2.05, 4.69) is 15.3 Å². The summed E-state index contributed by atoms with van der Waals surface area (Å²) in [4.78, 5) is 31.4. The summed E-state index contributed by atoms with van der Waals surface area (Å²) in [6.07, 6.45) is 4.04. The van der Waals surface area contributed by atoms with E-state index in [4.69, 9.17) is 5.73 Å². The summed E-state index contributed by atoms with van der Waals surface area (Å²) in [6.45, 7) is 0. The Morgan fingerprint density at radius 2 is 1.78 bits per heavy atom. The molecular weight excluding hydrogens is 334 g/mol. The van der Waals surface area contributed by atoms with Crippen molar-refractivity contribution in [1.29, 1.82) is 0 Å². The second-order valence-electron chi connectivity index (χ2n) is 4.72. The first kappa shape index (κ1) is 15.4. The van der Waals surface area contributed by atoms with Gasteiger partial charge in [-0.1, -0.05) is 0 Å². The number of rotatable bonds is 6. The summed E-state index contributed by atoms with van der Waals surface area (Å²) in [5.74, 6) is -0.650. The molecule has 3 aromatic heterocycles. The Hall–Kier alpha value is -2.52. The van der Waals surface area contributed by atoms with E-state index in [9.17, 15) is 9.59 Å². The van der Waals surface area contributed by atoms with Crippen LogP contribution >= 0.6 is 22.7 Å². The molecule has 23 heavy (non-hydrogen) atoms. The van der Waals surface area contributed by atoms with Gasteiger partial charge in [-0.3, -0.25) is 9.59 Å². The lowest BCUT2D eigenvalue weighted by Gasteiger charge is -1.99. The summed E-state index contributed by atoms with van der Waals surface area (Å²) < 4.78 is 1.89. The van der Waals surface area contributed by atoms with E-state index in [0.717, 1.165) is 5.13 Å². The molecular formula is C14H13N5O2S2. The average Bonchev–Trinajstić information content (AvgIpc) is 3.19. The van der Waals surface area contributed by atoms with Crippen LogP contribution in [0.5, 0.6) is 0 Å². The van der Waals surface area contributed by atoms with E-state index in [1.165, 1.54) is 22.7 Å². The van der Waals surface area contributed by atoms with Gasteiger partial charge in [0.1, 0.15) is 0 Å². The third-order valence-corrected chi connectivity index (χ3v) is 4.57. The molecule has 3 aromatic rings. The van der Waals surface area contributed by atoms with Crippen LogP contribution in [0.3, 0.4) is 0 Å². The number of carbonyl (C=O) groups excluding carboxylic acids is 2. The van der Waals surface area contributed by atoms with Crippen molar-refractivity contribution in [2.75, 3.05) is 5.32 Å². The van der Waals surface area contributed by atoms with Gasteiger partial charge >= 0.3 is 0 Å². The predicted molar refractivity (Wildman–Crippen MR) is 88.8 cm³/mol. The molecule has 3 N–H and O–H groups in total. The smallest absolute Gasteiger partial charge is 0.232 e. The molecule has 0 aromatic carbocycles. The standard InChI is InChI=1S/C14H13N5O2S2/c15-11(20)5-9-7-22-13(16-9)18-12(21)6-10-8-23-14(17-10)19-3-1-2-4-19/h1-4,7-8H,5-6H2,(H2,15,20)(H,16,18,21). The van der Waals surface area contributed by atoms with Crippen LogP contribution in [0, 0.1) is 0 Å². The highest BCUT2D eigenvalue weighted by atomic mass is 32.1. The topological polar surface area (TPSA) is 103 Å². The quantitative estimate of drug-likeness (QED) is 0.707. The molecule has 0 saturated heterocycles. The summed E-state index contributed by atoms with van der Waals surface area (Å²) in [5, 5.41) is 7.53. The van der Waals surface area contributed by atoms with E-state index >= 15 is 0 Å². The maximum atomic E-state index is 12.0. The Morgan fingerprint density at radius 1 is 1.09 bits per heavy atom. The molecule has 3 heterocycles. The lowest BCUT2D eigenvalue weighted by atomic mass is 10.3. The molecule has 0 fully saturated rings. The second-order valence-corrected chi connectivity index (χ2v) is 6.42. The summed E-state index contributed by atoms with van der Waals surface area (Å²) >= 11 is 2.73. The molecule has 3 rings (SSSR count). The number of nitrogens with two attached hydrogens (primary N) is 1. The maximum absolute atomic E-state index is 12.0. The van der Waals surface area contributed by atoms with Crippen molar-refractivity contribution in [2.45, 2.75) is 12.8 Å². The average molecular weight is 347 g/mol. The van der Waals surface area contributed by atoms with Crippen molar-refractivity contribution >= 4 is 39.6 Å². The molecule has 2 amide bonds. The van der Waals surface area contributed by atoms with E-state index in [1.807, 2.05) is 34.5 Å². The van der Waals surface area contributed by atoms with Crippen LogP contribution in [0.25, 0.3) is 5.13 Å². The zero-order chi connectivity index (χ0) is 16.2. The molecule has 0 bridgehead atoms. The minimum atomic E-state index is -0.451. The molecule has 0 unspecified atom stereocenters. The molecule has 0 radical (unpaired) electrons. The second kappa shape index (κ2) is 6.71. The van der Waals surface area contributed by atoms with Gasteiger partial charge in [0.25, 0.3) is 0 Å². The molecule has 0 atom stereocenters. The number of aromatic nitrogens is 3. The summed E-state index contributed by atoms with van der Waals surface area (Å²) in [6, 6.07) is 3.83. The van der Waals surface area contributed by atoms with Gasteiger partial charge in [-0.15, -0.1) is 22.7 Å². The fourth-order valence-electron chi connectivity index (χ4n) is 1.91. The molecule has 0 saturated carbocycles. The third kappa shape index (κ3) is 4.02. The third-order valence-electron chi connectivity index (χ3n) is 2.86. The Bertz CT molecular complexity index is 822. The molecule has 7 nitrogen and oxygen atoms in total. The number of hydrogen-bond donors (Lipinski definition) is 2. The first-order valence-electron chi connectivity index (χ1n) is 6.70. The number of nitrogens with one attached hydrogen (secondary N) is 1. The van der Waals surface area contributed by atoms with Gasteiger partial charge in [-0.2, -0.15) is 0 Å². The Morgan fingerprint density at radius 3 is 2.52 bits per heavy atom. The van der Waals surface area contributed by atoms with Crippen LogP contribution in [-0.4, -0.2) is 26.3 Å². The molecule has 118 valence electrons. The van der Waals surface area contributed by atoms with E-state index in [-0.39, 0.29) is 18.7 Å². The zero-order valence-corrected chi connectivity index (χ0v) is 13.6. The highest BCUT2D eigenvalue weighted by Crippen LogP contribution is 2.18. The van der Waals surface area contributed by atoms with Gasteiger partial charge in [0.15, 0.2) is 10.3 Å². The van der Waals surface area contributed by atoms with Crippen LogP contribution < -0.4 is 11.1 Å². The van der Waals surface area contributed by atoms with Gasteiger partial charge in [0.05, 0.1) is 24.2 Å². The van der Waals surface area contributed by atoms with E-state index < -0.39 is 5.91 Å². The highest BCUT2D eigenvalue weighted by Gasteiger charge is 2.11. The molecule has 9 heteroatoms. The maximum Gasteiger partial charge on any atom is 0.232 e. The van der Waals surface area contributed by atoms with Crippen molar-refractivity contribution in [3.8, 4) is 5.13 Å². The molecule has 0 spiro atoms. The van der Waals surface area contributed by atoms with Crippen LogP contribution in [0.2, 0.25) is 0 Å². The van der Waals surface area contributed by atoms with Gasteiger partial charge in [-0.25, -0.2) is 9.97 Å². The monoisotopic (exact) mass is 347 g/mol. The first-order chi connectivity index (χ1) is 11.1. The lowest BCUT2D eigenvalue weighted by molar-refractivity contribution is -0.117. The fourth-order valence-corrected chi connectivity index (χ4v) is 3.43. The number of primary amides is 1. The highest BCUT2D eigenvalue weighted by molar-refractivity contribution is 7.14. The van der Waals surface area contributed by atoms with Crippen LogP contribution in [0.1, 0.15) is 11.4 Å². The van der Waals surface area contributed by atoms with Crippen LogP contribution in [0.4, 0.5) is 5.13 Å². The SMILES string of the molecule is NC(=O)Cc1csc(NC(=O)Cc2csc(-n3cccc3)n2)n1. The van der Waals surface area contributed by atoms with Gasteiger partial charge < -0.3 is 15.6 Å². The van der Waals surface area contributed by atoms with Crippen molar-refractivity contribution in [3.63, 3.8) is 0 Å². The predicted octanol–water partition coefficient (Wildman–Crippen LogP) is 1.60. The Kier molecular flexibility index (Phi) is 4.49. The van der Waals surface area contributed by atoms with E-state index in [0.29, 0.717) is 16.5 Å². The first-order valence-corrected chi connectivity index (χ1v) is 8.46. The minimum absolute atomic E-state index is 0.0681. The normalized spacial score (nSPS) is 10.6. The number of hydrogen-bond acceptors (Lipinski definition) is 6.